The van der Waals surface area contributed by atoms with Gasteiger partial charge in [-0.1, -0.05) is 13.0 Å². The average molecular weight is 390 g/mol. The Bertz CT molecular complexity index is 860. The summed E-state index contributed by atoms with van der Waals surface area (Å²) in [6.07, 6.45) is 0.255. The van der Waals surface area contributed by atoms with Crippen LogP contribution in [0, 0.1) is 6.92 Å². The first-order valence-electron chi connectivity index (χ1n) is 8.46. The van der Waals surface area contributed by atoms with Crippen molar-refractivity contribution >= 4 is 39.8 Å². The lowest BCUT2D eigenvalue weighted by molar-refractivity contribution is -0.115. The second kappa shape index (κ2) is 9.18. The van der Waals surface area contributed by atoms with E-state index in [0.717, 1.165) is 11.3 Å². The van der Waals surface area contributed by atoms with Gasteiger partial charge in [-0.25, -0.2) is 4.79 Å². The number of carbonyl (C=O) groups excluding carboxylic acids is 3. The van der Waals surface area contributed by atoms with Gasteiger partial charge in [0.25, 0.3) is 5.91 Å². The number of hydrogen-bond donors (Lipinski definition) is 2. The Morgan fingerprint density at radius 3 is 2.52 bits per heavy atom. The van der Waals surface area contributed by atoms with Gasteiger partial charge in [0.1, 0.15) is 10.8 Å². The van der Waals surface area contributed by atoms with Gasteiger partial charge in [-0.05, 0) is 31.5 Å². The van der Waals surface area contributed by atoms with E-state index in [1.54, 1.807) is 52.1 Å². The van der Waals surface area contributed by atoms with Crippen LogP contribution in [0.1, 0.15) is 45.9 Å². The van der Waals surface area contributed by atoms with Crippen molar-refractivity contribution in [2.45, 2.75) is 27.2 Å². The molecule has 0 aliphatic rings. The SMILES string of the molecule is CCOC(=O)c1c(NC(=O)CC)sc(C(=O)Nc2cccc(OC)c2)c1C. The monoisotopic (exact) mass is 390 g/mol. The standard InChI is InChI=1S/C19H22N2O5S/c1-5-14(22)21-18-15(19(24)26-6-2)11(3)16(27-18)17(23)20-12-8-7-9-13(10-12)25-4/h7-10H,5-6H2,1-4H3,(H,20,23)(H,21,22). The molecule has 0 atom stereocenters. The van der Waals surface area contributed by atoms with Crippen molar-refractivity contribution in [3.63, 3.8) is 0 Å². The van der Waals surface area contributed by atoms with E-state index < -0.39 is 5.97 Å². The molecule has 0 fully saturated rings. The molecule has 0 bridgehead atoms. The first-order valence-corrected chi connectivity index (χ1v) is 9.28. The molecule has 8 heteroatoms. The van der Waals surface area contributed by atoms with Crippen LogP contribution < -0.4 is 15.4 Å². The molecule has 0 aliphatic carbocycles. The quantitative estimate of drug-likeness (QED) is 0.701. The normalized spacial score (nSPS) is 10.2. The van der Waals surface area contributed by atoms with E-state index in [-0.39, 0.29) is 30.4 Å². The predicted molar refractivity (Wildman–Crippen MR) is 105 cm³/mol. The number of carbonyl (C=O) groups is 3. The molecule has 0 spiro atoms. The minimum absolute atomic E-state index is 0.195. The summed E-state index contributed by atoms with van der Waals surface area (Å²) in [7, 11) is 1.54. The fraction of sp³-hybridized carbons (Fsp3) is 0.316. The maximum absolute atomic E-state index is 12.7. The Labute approximate surface area is 161 Å². The fourth-order valence-corrected chi connectivity index (χ4v) is 3.48. The minimum atomic E-state index is -0.571. The molecule has 144 valence electrons. The number of amides is 2. The Morgan fingerprint density at radius 1 is 1.15 bits per heavy atom. The fourth-order valence-electron chi connectivity index (χ4n) is 2.37. The van der Waals surface area contributed by atoms with Crippen molar-refractivity contribution < 1.29 is 23.9 Å². The smallest absolute Gasteiger partial charge is 0.341 e. The molecule has 2 amide bonds. The van der Waals surface area contributed by atoms with Gasteiger partial charge in [0.05, 0.1) is 24.2 Å². The van der Waals surface area contributed by atoms with E-state index in [4.69, 9.17) is 9.47 Å². The van der Waals surface area contributed by atoms with Crippen molar-refractivity contribution in [3.8, 4) is 5.75 Å². The molecule has 2 N–H and O–H groups in total. The van der Waals surface area contributed by atoms with Gasteiger partial charge < -0.3 is 20.1 Å². The molecule has 0 saturated heterocycles. The molecular formula is C19H22N2O5S. The zero-order chi connectivity index (χ0) is 20.0. The highest BCUT2D eigenvalue weighted by Crippen LogP contribution is 2.34. The van der Waals surface area contributed by atoms with E-state index in [1.807, 2.05) is 0 Å². The third-order valence-electron chi connectivity index (χ3n) is 3.73. The summed E-state index contributed by atoms with van der Waals surface area (Å²) in [6.45, 7) is 5.25. The zero-order valence-electron chi connectivity index (χ0n) is 15.7. The van der Waals surface area contributed by atoms with Crippen LogP contribution >= 0.6 is 11.3 Å². The van der Waals surface area contributed by atoms with Crippen molar-refractivity contribution in [2.24, 2.45) is 0 Å². The van der Waals surface area contributed by atoms with Crippen LogP contribution in [-0.2, 0) is 9.53 Å². The lowest BCUT2D eigenvalue weighted by Gasteiger charge is -2.07. The van der Waals surface area contributed by atoms with Gasteiger partial charge in [-0.3, -0.25) is 9.59 Å². The van der Waals surface area contributed by atoms with E-state index in [1.165, 1.54) is 0 Å². The summed E-state index contributed by atoms with van der Waals surface area (Å²) in [5.74, 6) is -0.591. The largest absolute Gasteiger partial charge is 0.497 e. The van der Waals surface area contributed by atoms with E-state index >= 15 is 0 Å². The first-order chi connectivity index (χ1) is 12.9. The average Bonchev–Trinajstić information content (AvgIpc) is 2.98. The number of hydrogen-bond acceptors (Lipinski definition) is 6. The van der Waals surface area contributed by atoms with Gasteiger partial charge in [0, 0.05) is 18.2 Å². The highest BCUT2D eigenvalue weighted by Gasteiger charge is 2.26. The summed E-state index contributed by atoms with van der Waals surface area (Å²) in [6, 6.07) is 6.94. The van der Waals surface area contributed by atoms with Crippen molar-refractivity contribution in [3.05, 3.63) is 40.3 Å². The van der Waals surface area contributed by atoms with Crippen molar-refractivity contribution in [1.29, 1.82) is 0 Å². The highest BCUT2D eigenvalue weighted by atomic mass is 32.1. The van der Waals surface area contributed by atoms with E-state index in [9.17, 15) is 14.4 Å². The van der Waals surface area contributed by atoms with E-state index in [2.05, 4.69) is 10.6 Å². The summed E-state index contributed by atoms with van der Waals surface area (Å²) >= 11 is 1.05. The molecule has 27 heavy (non-hydrogen) atoms. The molecule has 1 aromatic carbocycles. The molecule has 1 aromatic heterocycles. The van der Waals surface area contributed by atoms with Crippen molar-refractivity contribution in [2.75, 3.05) is 24.4 Å². The lowest BCUT2D eigenvalue weighted by Crippen LogP contribution is -2.14. The van der Waals surface area contributed by atoms with Gasteiger partial charge in [0.2, 0.25) is 5.91 Å². The van der Waals surface area contributed by atoms with Gasteiger partial charge in [-0.2, -0.15) is 0 Å². The number of thiophene rings is 1. The molecule has 2 rings (SSSR count). The Morgan fingerprint density at radius 2 is 1.89 bits per heavy atom. The van der Waals surface area contributed by atoms with Crippen LogP contribution in [0.3, 0.4) is 0 Å². The van der Waals surface area contributed by atoms with E-state index in [0.29, 0.717) is 26.9 Å². The van der Waals surface area contributed by atoms with Gasteiger partial charge in [0.15, 0.2) is 0 Å². The number of esters is 1. The second-order valence-corrected chi connectivity index (χ2v) is 6.59. The number of anilines is 2. The Hall–Kier alpha value is -2.87. The van der Waals surface area contributed by atoms with Gasteiger partial charge in [-0.15, -0.1) is 11.3 Å². The molecular weight excluding hydrogens is 368 g/mol. The number of nitrogens with one attached hydrogen (secondary N) is 2. The number of benzene rings is 1. The summed E-state index contributed by atoms with van der Waals surface area (Å²) in [5, 5.41) is 5.77. The number of rotatable bonds is 7. The lowest BCUT2D eigenvalue weighted by atomic mass is 10.1. The topological polar surface area (TPSA) is 93.7 Å². The maximum atomic E-state index is 12.7. The van der Waals surface area contributed by atoms with Crippen LogP contribution in [0.5, 0.6) is 5.75 Å². The maximum Gasteiger partial charge on any atom is 0.341 e. The number of methoxy groups -OCH3 is 1. The molecule has 7 nitrogen and oxygen atoms in total. The van der Waals surface area contributed by atoms with Gasteiger partial charge >= 0.3 is 5.97 Å². The first kappa shape index (κ1) is 20.4. The van der Waals surface area contributed by atoms with Crippen molar-refractivity contribution in [1.82, 2.24) is 0 Å². The van der Waals surface area contributed by atoms with Crippen LogP contribution in [0.15, 0.2) is 24.3 Å². The highest BCUT2D eigenvalue weighted by molar-refractivity contribution is 7.18. The van der Waals surface area contributed by atoms with Crippen LogP contribution in [-0.4, -0.2) is 31.5 Å². The third-order valence-corrected chi connectivity index (χ3v) is 4.94. The molecule has 0 saturated carbocycles. The second-order valence-electron chi connectivity index (χ2n) is 5.57. The minimum Gasteiger partial charge on any atom is -0.497 e. The third kappa shape index (κ3) is 4.85. The molecule has 0 unspecified atom stereocenters. The zero-order valence-corrected chi connectivity index (χ0v) is 16.5. The Kier molecular flexibility index (Phi) is 6.95. The predicted octanol–water partition coefficient (Wildman–Crippen LogP) is 3.84. The molecule has 0 aliphatic heterocycles. The molecule has 0 radical (unpaired) electrons. The summed E-state index contributed by atoms with van der Waals surface area (Å²) in [4.78, 5) is 37.2. The molecule has 2 aromatic rings. The van der Waals surface area contributed by atoms with Crippen LogP contribution in [0.25, 0.3) is 0 Å². The van der Waals surface area contributed by atoms with Crippen LogP contribution in [0.4, 0.5) is 10.7 Å². The van der Waals surface area contributed by atoms with Crippen LogP contribution in [0.2, 0.25) is 0 Å². The summed E-state index contributed by atoms with van der Waals surface area (Å²) < 4.78 is 10.2. The summed E-state index contributed by atoms with van der Waals surface area (Å²) in [5.41, 5.74) is 1.23. The number of ether oxygens (including phenoxy) is 2. The Balaban J connectivity index is 2.37. The molecule has 1 heterocycles.